The Balaban J connectivity index is 1.72. The lowest BCUT2D eigenvalue weighted by molar-refractivity contribution is -0.127. The third kappa shape index (κ3) is 5.96. The van der Waals surface area contributed by atoms with Gasteiger partial charge in [0.25, 0.3) is 17.1 Å². The number of nitrogens with one attached hydrogen (secondary N) is 1. The largest absolute Gasteiger partial charge is 0.490 e. The van der Waals surface area contributed by atoms with Crippen molar-refractivity contribution in [2.24, 2.45) is 5.73 Å². The van der Waals surface area contributed by atoms with Crippen molar-refractivity contribution in [1.29, 1.82) is 0 Å². The minimum atomic E-state index is -0.773. The van der Waals surface area contributed by atoms with Crippen molar-refractivity contribution in [3.8, 4) is 11.5 Å². The second kappa shape index (κ2) is 10.9. The van der Waals surface area contributed by atoms with E-state index in [1.807, 2.05) is 32.0 Å². The van der Waals surface area contributed by atoms with Crippen LogP contribution in [0.2, 0.25) is 0 Å². The molecule has 0 bridgehead atoms. The molecule has 1 fully saturated rings. The van der Waals surface area contributed by atoms with Crippen LogP contribution in [0.15, 0.2) is 41.3 Å². The lowest BCUT2D eigenvalue weighted by Gasteiger charge is -2.14. The average molecular weight is 484 g/mol. The van der Waals surface area contributed by atoms with E-state index in [1.54, 1.807) is 25.1 Å². The van der Waals surface area contributed by atoms with E-state index < -0.39 is 23.6 Å². The fraction of sp³-hybridized carbons (Fsp3) is 0.250. The molecule has 0 atom stereocenters. The zero-order valence-electron chi connectivity index (χ0n) is 19.0. The number of benzene rings is 2. The normalized spacial score (nSPS) is 14.4. The molecule has 1 aliphatic heterocycles. The first kappa shape index (κ1) is 24.8. The smallest absolute Gasteiger partial charge is 0.294 e. The summed E-state index contributed by atoms with van der Waals surface area (Å²) in [6, 6.07) is 10.6. The molecule has 0 spiro atoms. The van der Waals surface area contributed by atoms with Gasteiger partial charge >= 0.3 is 0 Å². The maximum Gasteiger partial charge on any atom is 0.294 e. The van der Waals surface area contributed by atoms with Gasteiger partial charge in [0.1, 0.15) is 6.54 Å². The van der Waals surface area contributed by atoms with Crippen LogP contribution in [-0.4, -0.2) is 47.6 Å². The fourth-order valence-electron chi connectivity index (χ4n) is 3.16. The number of rotatable bonds is 9. The summed E-state index contributed by atoms with van der Waals surface area (Å²) >= 11 is 0.725. The first-order valence-electron chi connectivity index (χ1n) is 10.5. The molecular formula is C24H25N3O6S. The Kier molecular flexibility index (Phi) is 7.95. The molecular weight excluding hydrogens is 458 g/mol. The molecule has 0 unspecified atom stereocenters. The van der Waals surface area contributed by atoms with E-state index >= 15 is 0 Å². The number of thioether (sulfide) groups is 1. The van der Waals surface area contributed by atoms with Crippen molar-refractivity contribution < 1.29 is 28.7 Å². The molecule has 178 valence electrons. The number of imide groups is 1. The number of ether oxygens (including phenoxy) is 2. The van der Waals surface area contributed by atoms with E-state index in [4.69, 9.17) is 15.2 Å². The van der Waals surface area contributed by atoms with Gasteiger partial charge in [-0.2, -0.15) is 0 Å². The Morgan fingerprint density at radius 3 is 2.59 bits per heavy atom. The summed E-state index contributed by atoms with van der Waals surface area (Å²) in [5.74, 6) is -0.937. The number of hydrogen-bond donors (Lipinski definition) is 2. The van der Waals surface area contributed by atoms with Gasteiger partial charge in [0.2, 0.25) is 5.91 Å². The van der Waals surface area contributed by atoms with Gasteiger partial charge in [-0.05, 0) is 73.5 Å². The molecule has 10 heteroatoms. The van der Waals surface area contributed by atoms with Crippen LogP contribution in [0, 0.1) is 13.8 Å². The molecule has 4 amide bonds. The number of hydrogen-bond acceptors (Lipinski definition) is 7. The van der Waals surface area contributed by atoms with Crippen molar-refractivity contribution in [2.75, 3.05) is 25.1 Å². The van der Waals surface area contributed by atoms with Gasteiger partial charge in [0.15, 0.2) is 18.1 Å². The average Bonchev–Trinajstić information content (AvgIpc) is 3.03. The van der Waals surface area contributed by atoms with Crippen LogP contribution in [0.3, 0.4) is 0 Å². The molecule has 3 rings (SSSR count). The van der Waals surface area contributed by atoms with Crippen LogP contribution in [0.4, 0.5) is 10.5 Å². The summed E-state index contributed by atoms with van der Waals surface area (Å²) in [6.07, 6.45) is 1.52. The molecule has 2 aromatic rings. The standard InChI is InChI=1S/C24H25N3O6S/c1-4-32-19-10-16(11-20-23(30)27(12-21(25)28)24(31)34-20)8-9-18(19)33-13-22(29)26-17-7-5-6-14(2)15(17)3/h5-11H,4,12-13H2,1-3H3,(H2,25,28)(H,26,29)/b20-11-. The van der Waals surface area contributed by atoms with E-state index in [0.717, 1.165) is 33.5 Å². The zero-order valence-corrected chi connectivity index (χ0v) is 19.9. The van der Waals surface area contributed by atoms with Crippen molar-refractivity contribution in [2.45, 2.75) is 20.8 Å². The number of nitrogens with zero attached hydrogens (tertiary/aromatic N) is 1. The highest BCUT2D eigenvalue weighted by Crippen LogP contribution is 2.34. The number of carbonyl (C=O) groups excluding carboxylic acids is 4. The number of carbonyl (C=O) groups is 4. The maximum atomic E-state index is 12.4. The predicted molar refractivity (Wildman–Crippen MR) is 130 cm³/mol. The summed E-state index contributed by atoms with van der Waals surface area (Å²) in [6.45, 7) is 5.36. The maximum absolute atomic E-state index is 12.4. The van der Waals surface area contributed by atoms with Gasteiger partial charge in [0.05, 0.1) is 11.5 Å². The fourth-order valence-corrected chi connectivity index (χ4v) is 4.00. The molecule has 9 nitrogen and oxygen atoms in total. The van der Waals surface area contributed by atoms with Gasteiger partial charge in [0, 0.05) is 5.69 Å². The molecule has 0 radical (unpaired) electrons. The monoisotopic (exact) mass is 483 g/mol. The van der Waals surface area contributed by atoms with Crippen LogP contribution in [0.1, 0.15) is 23.6 Å². The van der Waals surface area contributed by atoms with Crippen molar-refractivity contribution in [3.63, 3.8) is 0 Å². The number of aryl methyl sites for hydroxylation is 1. The van der Waals surface area contributed by atoms with Crippen molar-refractivity contribution in [1.82, 2.24) is 4.90 Å². The van der Waals surface area contributed by atoms with E-state index in [2.05, 4.69) is 5.32 Å². The molecule has 1 saturated heterocycles. The summed E-state index contributed by atoms with van der Waals surface area (Å²) in [5, 5.41) is 2.27. The van der Waals surface area contributed by atoms with Gasteiger partial charge in [-0.3, -0.25) is 24.1 Å². The predicted octanol–water partition coefficient (Wildman–Crippen LogP) is 3.24. The van der Waals surface area contributed by atoms with Gasteiger partial charge in [-0.25, -0.2) is 0 Å². The third-order valence-electron chi connectivity index (χ3n) is 4.99. The molecule has 34 heavy (non-hydrogen) atoms. The van der Waals surface area contributed by atoms with Crippen LogP contribution in [0.5, 0.6) is 11.5 Å². The molecule has 0 saturated carbocycles. The summed E-state index contributed by atoms with van der Waals surface area (Å²) in [5.41, 5.74) is 8.46. The zero-order chi connectivity index (χ0) is 24.8. The SMILES string of the molecule is CCOc1cc(/C=C2\SC(=O)N(CC(N)=O)C2=O)ccc1OCC(=O)Nc1cccc(C)c1C. The number of amides is 4. The number of anilines is 1. The minimum absolute atomic E-state index is 0.162. The van der Waals surface area contributed by atoms with E-state index in [0.29, 0.717) is 23.7 Å². The van der Waals surface area contributed by atoms with Gasteiger partial charge < -0.3 is 20.5 Å². The number of nitrogens with two attached hydrogens (primary N) is 1. The second-order valence-corrected chi connectivity index (χ2v) is 8.45. The molecule has 1 aliphatic rings. The summed E-state index contributed by atoms with van der Waals surface area (Å²) in [7, 11) is 0. The first-order valence-corrected chi connectivity index (χ1v) is 11.3. The molecule has 1 heterocycles. The van der Waals surface area contributed by atoms with Crippen LogP contribution in [-0.2, 0) is 14.4 Å². The topological polar surface area (TPSA) is 128 Å². The summed E-state index contributed by atoms with van der Waals surface area (Å²) in [4.78, 5) is 48.9. The lowest BCUT2D eigenvalue weighted by atomic mass is 10.1. The lowest BCUT2D eigenvalue weighted by Crippen LogP contribution is -2.36. The minimum Gasteiger partial charge on any atom is -0.490 e. The Morgan fingerprint density at radius 2 is 1.88 bits per heavy atom. The van der Waals surface area contributed by atoms with Gasteiger partial charge in [-0.1, -0.05) is 18.2 Å². The number of primary amides is 1. The van der Waals surface area contributed by atoms with Gasteiger partial charge in [-0.15, -0.1) is 0 Å². The Bertz CT molecular complexity index is 1180. The van der Waals surface area contributed by atoms with Crippen LogP contribution < -0.4 is 20.5 Å². The summed E-state index contributed by atoms with van der Waals surface area (Å²) < 4.78 is 11.3. The highest BCUT2D eigenvalue weighted by Gasteiger charge is 2.35. The molecule has 0 aliphatic carbocycles. The van der Waals surface area contributed by atoms with Crippen LogP contribution in [0.25, 0.3) is 6.08 Å². The molecule has 0 aromatic heterocycles. The second-order valence-electron chi connectivity index (χ2n) is 7.46. The Morgan fingerprint density at radius 1 is 1.12 bits per heavy atom. The highest BCUT2D eigenvalue weighted by atomic mass is 32.2. The Hall–Kier alpha value is -3.79. The van der Waals surface area contributed by atoms with E-state index in [1.165, 1.54) is 6.08 Å². The third-order valence-corrected chi connectivity index (χ3v) is 5.90. The highest BCUT2D eigenvalue weighted by molar-refractivity contribution is 8.18. The Labute approximate surface area is 201 Å². The van der Waals surface area contributed by atoms with E-state index in [9.17, 15) is 19.2 Å². The van der Waals surface area contributed by atoms with Crippen molar-refractivity contribution in [3.05, 3.63) is 58.0 Å². The molecule has 3 N–H and O–H groups in total. The first-order chi connectivity index (χ1) is 16.2. The van der Waals surface area contributed by atoms with Crippen molar-refractivity contribution >= 4 is 46.5 Å². The van der Waals surface area contributed by atoms with Crippen LogP contribution >= 0.6 is 11.8 Å². The molecule has 2 aromatic carbocycles. The quantitative estimate of drug-likeness (QED) is 0.524. The van der Waals surface area contributed by atoms with E-state index in [-0.39, 0.29) is 17.4 Å².